The molecule has 27 heavy (non-hydrogen) atoms. The van der Waals surface area contributed by atoms with E-state index in [1.54, 1.807) is 4.90 Å². The van der Waals surface area contributed by atoms with Crippen molar-refractivity contribution in [2.24, 2.45) is 4.99 Å². The van der Waals surface area contributed by atoms with Crippen molar-refractivity contribution >= 4 is 17.6 Å². The lowest BCUT2D eigenvalue weighted by Gasteiger charge is -2.27. The van der Waals surface area contributed by atoms with E-state index in [9.17, 15) is 4.79 Å². The van der Waals surface area contributed by atoms with Crippen molar-refractivity contribution in [1.82, 2.24) is 4.90 Å². The number of carbonyl (C=O) groups is 1. The van der Waals surface area contributed by atoms with E-state index in [0.29, 0.717) is 6.42 Å². The summed E-state index contributed by atoms with van der Waals surface area (Å²) in [6.45, 7) is 7.24. The Bertz CT molecular complexity index is 829. The predicted octanol–water partition coefficient (Wildman–Crippen LogP) is 4.35. The molecule has 3 rings (SSSR count). The van der Waals surface area contributed by atoms with Crippen LogP contribution in [0, 0.1) is 13.8 Å². The quantitative estimate of drug-likeness (QED) is 0.765. The fourth-order valence-electron chi connectivity index (χ4n) is 3.34. The van der Waals surface area contributed by atoms with Crippen LogP contribution >= 0.6 is 0 Å². The molecular weight excluding hydrogens is 334 g/mol. The lowest BCUT2D eigenvalue weighted by atomic mass is 10.1. The van der Waals surface area contributed by atoms with E-state index in [1.807, 2.05) is 31.3 Å². The summed E-state index contributed by atoms with van der Waals surface area (Å²) in [5.74, 6) is 0.818. The summed E-state index contributed by atoms with van der Waals surface area (Å²) in [6, 6.07) is 15.9. The molecule has 2 aromatic rings. The second-order valence-electron chi connectivity index (χ2n) is 7.35. The number of hydrogen-bond acceptors (Lipinski definition) is 3. The highest BCUT2D eigenvalue weighted by molar-refractivity contribution is 6.22. The molecule has 1 atom stereocenters. The Morgan fingerprint density at radius 3 is 2.48 bits per heavy atom. The van der Waals surface area contributed by atoms with Crippen LogP contribution < -0.4 is 4.90 Å². The number of amides is 1. The van der Waals surface area contributed by atoms with Gasteiger partial charge < -0.3 is 4.90 Å². The van der Waals surface area contributed by atoms with E-state index in [2.05, 4.69) is 49.9 Å². The number of carbonyl (C=O) groups excluding carboxylic acids is 1. The molecule has 4 heteroatoms. The van der Waals surface area contributed by atoms with E-state index in [1.165, 1.54) is 11.1 Å². The number of hydrogen-bond donors (Lipinski definition) is 0. The smallest absolute Gasteiger partial charge is 0.259 e. The molecule has 0 N–H and O–H groups in total. The van der Waals surface area contributed by atoms with Crippen LogP contribution in [0.5, 0.6) is 0 Å². The standard InChI is InChI=1S/C23H29N3O/c1-5-6-14-25(4)23-24-21(16-19-10-8-7-9-11-19)22(27)26(23)20-13-12-17(2)18(3)15-20/h7-13,15,21H,5-6,14,16H2,1-4H3. The first-order chi connectivity index (χ1) is 13.0. The van der Waals surface area contributed by atoms with Gasteiger partial charge in [-0.2, -0.15) is 0 Å². The lowest BCUT2D eigenvalue weighted by Crippen LogP contribution is -2.43. The summed E-state index contributed by atoms with van der Waals surface area (Å²) < 4.78 is 0. The number of nitrogens with zero attached hydrogens (tertiary/aromatic N) is 3. The highest BCUT2D eigenvalue weighted by atomic mass is 16.2. The minimum Gasteiger partial charge on any atom is -0.345 e. The second kappa shape index (κ2) is 8.38. The molecule has 4 nitrogen and oxygen atoms in total. The summed E-state index contributed by atoms with van der Waals surface area (Å²) in [7, 11) is 2.03. The van der Waals surface area contributed by atoms with Crippen molar-refractivity contribution in [1.29, 1.82) is 0 Å². The van der Waals surface area contributed by atoms with Crippen molar-refractivity contribution in [3.63, 3.8) is 0 Å². The maximum atomic E-state index is 13.3. The van der Waals surface area contributed by atoms with Crippen molar-refractivity contribution in [2.75, 3.05) is 18.5 Å². The molecule has 0 aromatic heterocycles. The average molecular weight is 364 g/mol. The Morgan fingerprint density at radius 1 is 1.07 bits per heavy atom. The predicted molar refractivity (Wildman–Crippen MR) is 112 cm³/mol. The number of benzene rings is 2. The first-order valence-electron chi connectivity index (χ1n) is 9.75. The van der Waals surface area contributed by atoms with Crippen molar-refractivity contribution < 1.29 is 4.79 Å². The van der Waals surface area contributed by atoms with Gasteiger partial charge in [0.2, 0.25) is 5.96 Å². The van der Waals surface area contributed by atoms with Crippen LogP contribution in [-0.4, -0.2) is 36.4 Å². The summed E-state index contributed by atoms with van der Waals surface area (Å²) in [6.07, 6.45) is 2.82. The van der Waals surface area contributed by atoms with Gasteiger partial charge in [0.05, 0.1) is 5.69 Å². The van der Waals surface area contributed by atoms with Crippen molar-refractivity contribution in [2.45, 2.75) is 46.1 Å². The zero-order valence-electron chi connectivity index (χ0n) is 16.8. The number of guanidine groups is 1. The maximum Gasteiger partial charge on any atom is 0.259 e. The van der Waals surface area contributed by atoms with Crippen LogP contribution in [0.25, 0.3) is 0 Å². The second-order valence-corrected chi connectivity index (χ2v) is 7.35. The average Bonchev–Trinajstić information content (AvgIpc) is 2.99. The van der Waals surface area contributed by atoms with E-state index >= 15 is 0 Å². The molecular formula is C23H29N3O. The molecule has 0 bridgehead atoms. The Hall–Kier alpha value is -2.62. The zero-order chi connectivity index (χ0) is 19.4. The van der Waals surface area contributed by atoms with E-state index in [0.717, 1.165) is 36.6 Å². The summed E-state index contributed by atoms with van der Waals surface area (Å²) in [5, 5.41) is 0. The molecule has 1 aliphatic rings. The Kier molecular flexibility index (Phi) is 5.94. The summed E-state index contributed by atoms with van der Waals surface area (Å²) in [5.41, 5.74) is 4.45. The minimum atomic E-state index is -0.368. The molecule has 1 unspecified atom stereocenters. The van der Waals surface area contributed by atoms with E-state index < -0.39 is 0 Å². The Morgan fingerprint density at radius 2 is 1.81 bits per heavy atom. The van der Waals surface area contributed by atoms with Crippen molar-refractivity contribution in [3.8, 4) is 0 Å². The largest absolute Gasteiger partial charge is 0.345 e. The number of rotatable bonds is 6. The van der Waals surface area contributed by atoms with Gasteiger partial charge in [0.25, 0.3) is 5.91 Å². The monoisotopic (exact) mass is 363 g/mol. The zero-order valence-corrected chi connectivity index (χ0v) is 16.8. The van der Waals surface area contributed by atoms with Gasteiger partial charge in [-0.1, -0.05) is 49.7 Å². The number of aliphatic imine (C=N–C) groups is 1. The molecule has 1 amide bonds. The van der Waals surface area contributed by atoms with Gasteiger partial charge in [0, 0.05) is 20.0 Å². The van der Waals surface area contributed by atoms with Gasteiger partial charge in [-0.3, -0.25) is 4.79 Å². The molecule has 0 radical (unpaired) electrons. The molecule has 2 aromatic carbocycles. The normalized spacial score (nSPS) is 16.6. The molecule has 0 saturated carbocycles. The van der Waals surface area contributed by atoms with E-state index in [-0.39, 0.29) is 11.9 Å². The molecule has 1 heterocycles. The van der Waals surface area contributed by atoms with Crippen LogP contribution in [0.15, 0.2) is 53.5 Å². The third-order valence-electron chi connectivity index (χ3n) is 5.19. The van der Waals surface area contributed by atoms with Gasteiger partial charge in [-0.05, 0) is 49.1 Å². The molecule has 0 fully saturated rings. The fourth-order valence-corrected chi connectivity index (χ4v) is 3.34. The van der Waals surface area contributed by atoms with Gasteiger partial charge in [0.15, 0.2) is 0 Å². The Balaban J connectivity index is 1.92. The van der Waals surface area contributed by atoms with Crippen LogP contribution in [0.3, 0.4) is 0 Å². The third kappa shape index (κ3) is 4.21. The molecule has 0 saturated heterocycles. The Labute approximate surface area is 162 Å². The highest BCUT2D eigenvalue weighted by Gasteiger charge is 2.37. The minimum absolute atomic E-state index is 0.0560. The first kappa shape index (κ1) is 19.2. The first-order valence-corrected chi connectivity index (χ1v) is 9.75. The molecule has 142 valence electrons. The maximum absolute atomic E-state index is 13.3. The van der Waals surface area contributed by atoms with Crippen LogP contribution in [0.4, 0.5) is 5.69 Å². The SMILES string of the molecule is CCCCN(C)C1=NC(Cc2ccccc2)C(=O)N1c1ccc(C)c(C)c1. The van der Waals surface area contributed by atoms with Crippen molar-refractivity contribution in [3.05, 3.63) is 65.2 Å². The molecule has 0 aliphatic carbocycles. The van der Waals surface area contributed by atoms with E-state index in [4.69, 9.17) is 4.99 Å². The number of anilines is 1. The number of aryl methyl sites for hydroxylation is 2. The van der Waals surface area contributed by atoms with Crippen LogP contribution in [0.1, 0.15) is 36.5 Å². The number of unbranched alkanes of at least 4 members (excludes halogenated alkanes) is 1. The van der Waals surface area contributed by atoms with Crippen LogP contribution in [-0.2, 0) is 11.2 Å². The molecule has 0 spiro atoms. The summed E-state index contributed by atoms with van der Waals surface area (Å²) in [4.78, 5) is 22.0. The fraction of sp³-hybridized carbons (Fsp3) is 0.391. The van der Waals surface area contributed by atoms with Crippen LogP contribution in [0.2, 0.25) is 0 Å². The lowest BCUT2D eigenvalue weighted by molar-refractivity contribution is -0.118. The topological polar surface area (TPSA) is 35.9 Å². The third-order valence-corrected chi connectivity index (χ3v) is 5.19. The van der Waals surface area contributed by atoms with Gasteiger partial charge in [-0.15, -0.1) is 0 Å². The molecule has 1 aliphatic heterocycles. The summed E-state index contributed by atoms with van der Waals surface area (Å²) >= 11 is 0. The van der Waals surface area contributed by atoms with Gasteiger partial charge in [0.1, 0.15) is 6.04 Å². The highest BCUT2D eigenvalue weighted by Crippen LogP contribution is 2.26. The van der Waals surface area contributed by atoms with Gasteiger partial charge >= 0.3 is 0 Å². The van der Waals surface area contributed by atoms with Gasteiger partial charge in [-0.25, -0.2) is 9.89 Å².